The highest BCUT2D eigenvalue weighted by Crippen LogP contribution is 2.23. The topological polar surface area (TPSA) is 37.3 Å². The van der Waals surface area contributed by atoms with Gasteiger partial charge in [0.05, 0.1) is 10.9 Å². The summed E-state index contributed by atoms with van der Waals surface area (Å²) in [6, 6.07) is 12.1. The molecule has 0 bridgehead atoms. The average Bonchev–Trinajstić information content (AvgIpc) is 2.43. The monoisotopic (exact) mass is 370 g/mol. The number of rotatable bonds is 5. The molecule has 0 aliphatic heterocycles. The zero-order chi connectivity index (χ0) is 15.4. The van der Waals surface area contributed by atoms with Gasteiger partial charge in [-0.2, -0.15) is 0 Å². The van der Waals surface area contributed by atoms with Crippen LogP contribution in [0, 0.1) is 11.7 Å². The molecular formula is C16H13BrClFO2. The van der Waals surface area contributed by atoms with Crippen molar-refractivity contribution in [1.29, 1.82) is 0 Å². The van der Waals surface area contributed by atoms with Gasteiger partial charge in [-0.1, -0.05) is 51.8 Å². The largest absolute Gasteiger partial charge is 0.481 e. The van der Waals surface area contributed by atoms with Crippen LogP contribution in [0.25, 0.3) is 0 Å². The first-order valence-corrected chi connectivity index (χ1v) is 7.54. The summed E-state index contributed by atoms with van der Waals surface area (Å²) in [5, 5.41) is 9.37. The highest BCUT2D eigenvalue weighted by Gasteiger charge is 2.21. The van der Waals surface area contributed by atoms with Gasteiger partial charge >= 0.3 is 5.97 Å². The highest BCUT2D eigenvalue weighted by atomic mass is 79.9. The zero-order valence-corrected chi connectivity index (χ0v) is 13.4. The van der Waals surface area contributed by atoms with Crippen LogP contribution in [0.4, 0.5) is 4.39 Å². The maximum absolute atomic E-state index is 13.9. The number of carbonyl (C=O) groups is 1. The third-order valence-electron chi connectivity index (χ3n) is 3.22. The second kappa shape index (κ2) is 7.05. The minimum absolute atomic E-state index is 0.0131. The number of carboxylic acids is 1. The van der Waals surface area contributed by atoms with E-state index in [0.717, 1.165) is 10.0 Å². The van der Waals surface area contributed by atoms with Crippen LogP contribution >= 0.6 is 27.5 Å². The fourth-order valence-corrected chi connectivity index (χ4v) is 2.81. The fraction of sp³-hybridized carbons (Fsp3) is 0.188. The summed E-state index contributed by atoms with van der Waals surface area (Å²) in [6.45, 7) is 0. The van der Waals surface area contributed by atoms with Crippen LogP contribution in [0.2, 0.25) is 5.02 Å². The maximum atomic E-state index is 13.9. The first-order chi connectivity index (χ1) is 9.97. The number of aliphatic carboxylic acids is 1. The summed E-state index contributed by atoms with van der Waals surface area (Å²) in [7, 11) is 0. The standard InChI is InChI=1S/C16H13BrClFO2/c17-13-5-1-3-10(8-13)7-12(16(20)21)9-11-4-2-6-14(18)15(11)19/h1-6,8,12H,7,9H2,(H,20,21). The van der Waals surface area contributed by atoms with Crippen molar-refractivity contribution < 1.29 is 14.3 Å². The minimum Gasteiger partial charge on any atom is -0.481 e. The van der Waals surface area contributed by atoms with Gasteiger partial charge in [-0.25, -0.2) is 4.39 Å². The lowest BCUT2D eigenvalue weighted by Crippen LogP contribution is -2.19. The van der Waals surface area contributed by atoms with E-state index >= 15 is 0 Å². The van der Waals surface area contributed by atoms with Gasteiger partial charge < -0.3 is 5.11 Å². The summed E-state index contributed by atoms with van der Waals surface area (Å²) in [4.78, 5) is 11.4. The van der Waals surface area contributed by atoms with Crippen LogP contribution in [0.5, 0.6) is 0 Å². The predicted octanol–water partition coefficient (Wildman–Crippen LogP) is 4.73. The highest BCUT2D eigenvalue weighted by molar-refractivity contribution is 9.10. The summed E-state index contributed by atoms with van der Waals surface area (Å²) in [5.41, 5.74) is 1.21. The quantitative estimate of drug-likeness (QED) is 0.825. The first kappa shape index (κ1) is 16.0. The molecule has 1 unspecified atom stereocenters. The molecule has 0 heterocycles. The first-order valence-electron chi connectivity index (χ1n) is 6.37. The second-order valence-electron chi connectivity index (χ2n) is 4.79. The Morgan fingerprint density at radius 2 is 1.95 bits per heavy atom. The predicted molar refractivity (Wildman–Crippen MR) is 84.1 cm³/mol. The van der Waals surface area contributed by atoms with Gasteiger partial charge in [0.2, 0.25) is 0 Å². The molecule has 2 nitrogen and oxygen atoms in total. The Bertz CT molecular complexity index is 660. The Kier molecular flexibility index (Phi) is 5.37. The molecule has 1 N–H and O–H groups in total. The average molecular weight is 372 g/mol. The normalized spacial score (nSPS) is 12.1. The molecule has 0 fully saturated rings. The van der Waals surface area contributed by atoms with E-state index in [1.165, 1.54) is 6.07 Å². The molecule has 0 radical (unpaired) electrons. The van der Waals surface area contributed by atoms with E-state index in [1.54, 1.807) is 12.1 Å². The molecular weight excluding hydrogens is 359 g/mol. The van der Waals surface area contributed by atoms with Crippen molar-refractivity contribution in [3.05, 3.63) is 68.9 Å². The molecule has 5 heteroatoms. The minimum atomic E-state index is -0.950. The van der Waals surface area contributed by atoms with E-state index in [-0.39, 0.29) is 11.4 Å². The van der Waals surface area contributed by atoms with Crippen LogP contribution in [0.15, 0.2) is 46.9 Å². The van der Waals surface area contributed by atoms with Gasteiger partial charge in [0.25, 0.3) is 0 Å². The van der Waals surface area contributed by atoms with Gasteiger partial charge in [0.15, 0.2) is 0 Å². The Balaban J connectivity index is 2.20. The van der Waals surface area contributed by atoms with Gasteiger partial charge in [-0.15, -0.1) is 0 Å². The van der Waals surface area contributed by atoms with Gasteiger partial charge in [-0.3, -0.25) is 4.79 Å². The van der Waals surface area contributed by atoms with E-state index in [0.29, 0.717) is 12.0 Å². The molecule has 0 saturated carbocycles. The van der Waals surface area contributed by atoms with Crippen LogP contribution in [-0.4, -0.2) is 11.1 Å². The molecule has 0 aromatic heterocycles. The lowest BCUT2D eigenvalue weighted by molar-refractivity contribution is -0.141. The van der Waals surface area contributed by atoms with E-state index in [9.17, 15) is 14.3 Å². The lowest BCUT2D eigenvalue weighted by Gasteiger charge is -2.13. The van der Waals surface area contributed by atoms with Crippen molar-refractivity contribution in [2.24, 2.45) is 5.92 Å². The van der Waals surface area contributed by atoms with Crippen molar-refractivity contribution in [3.63, 3.8) is 0 Å². The van der Waals surface area contributed by atoms with Crippen molar-refractivity contribution in [2.45, 2.75) is 12.8 Å². The number of hydrogen-bond acceptors (Lipinski definition) is 1. The van der Waals surface area contributed by atoms with E-state index in [1.807, 2.05) is 24.3 Å². The smallest absolute Gasteiger partial charge is 0.307 e. The van der Waals surface area contributed by atoms with Crippen molar-refractivity contribution in [3.8, 4) is 0 Å². The van der Waals surface area contributed by atoms with Crippen molar-refractivity contribution >= 4 is 33.5 Å². The second-order valence-corrected chi connectivity index (χ2v) is 6.11. The van der Waals surface area contributed by atoms with E-state index in [2.05, 4.69) is 15.9 Å². The van der Waals surface area contributed by atoms with Crippen LogP contribution < -0.4 is 0 Å². The lowest BCUT2D eigenvalue weighted by atomic mass is 9.92. The third kappa shape index (κ3) is 4.29. The molecule has 0 amide bonds. The summed E-state index contributed by atoms with van der Waals surface area (Å²) < 4.78 is 14.8. The van der Waals surface area contributed by atoms with Crippen molar-refractivity contribution in [1.82, 2.24) is 0 Å². The van der Waals surface area contributed by atoms with Crippen LogP contribution in [0.1, 0.15) is 11.1 Å². The van der Waals surface area contributed by atoms with Crippen molar-refractivity contribution in [2.75, 3.05) is 0 Å². The molecule has 1 atom stereocenters. The molecule has 2 rings (SSSR count). The molecule has 21 heavy (non-hydrogen) atoms. The third-order valence-corrected chi connectivity index (χ3v) is 4.00. The van der Waals surface area contributed by atoms with E-state index < -0.39 is 17.7 Å². The summed E-state index contributed by atoms with van der Waals surface area (Å²) >= 11 is 9.08. The van der Waals surface area contributed by atoms with Gasteiger partial charge in [0, 0.05) is 4.47 Å². The number of halogens is 3. The number of hydrogen-bond donors (Lipinski definition) is 1. The zero-order valence-electron chi connectivity index (χ0n) is 11.0. The Labute approximate surface area is 135 Å². The Morgan fingerprint density at radius 3 is 2.62 bits per heavy atom. The maximum Gasteiger partial charge on any atom is 0.307 e. The Morgan fingerprint density at radius 1 is 1.24 bits per heavy atom. The molecule has 0 aliphatic rings. The van der Waals surface area contributed by atoms with E-state index in [4.69, 9.17) is 11.6 Å². The van der Waals surface area contributed by atoms with Crippen LogP contribution in [0.3, 0.4) is 0 Å². The SMILES string of the molecule is O=C(O)C(Cc1cccc(Br)c1)Cc1cccc(Cl)c1F. The Hall–Kier alpha value is -1.39. The molecule has 2 aromatic carbocycles. The molecule has 110 valence electrons. The fourth-order valence-electron chi connectivity index (χ4n) is 2.17. The molecule has 0 aliphatic carbocycles. The van der Waals surface area contributed by atoms with Gasteiger partial charge in [0.1, 0.15) is 5.82 Å². The van der Waals surface area contributed by atoms with Gasteiger partial charge in [-0.05, 0) is 42.2 Å². The number of carboxylic acid groups (broad SMARTS) is 1. The van der Waals surface area contributed by atoms with Crippen LogP contribution in [-0.2, 0) is 17.6 Å². The number of benzene rings is 2. The summed E-state index contributed by atoms with van der Waals surface area (Å²) in [5.74, 6) is -2.19. The summed E-state index contributed by atoms with van der Waals surface area (Å²) in [6.07, 6.45) is 0.439. The molecule has 0 spiro atoms. The molecule has 2 aromatic rings. The molecule has 0 saturated heterocycles.